The highest BCUT2D eigenvalue weighted by Crippen LogP contribution is 2.19. The van der Waals surface area contributed by atoms with Crippen LogP contribution in [0.25, 0.3) is 11.0 Å². The molecule has 18 heavy (non-hydrogen) atoms. The topological polar surface area (TPSA) is 59.9 Å². The lowest BCUT2D eigenvalue weighted by Crippen LogP contribution is -2.18. The molecular formula is C14H14N2O2. The molecule has 0 N–H and O–H groups in total. The van der Waals surface area contributed by atoms with Crippen LogP contribution in [0.15, 0.2) is 24.3 Å². The molecule has 0 aliphatic rings. The van der Waals surface area contributed by atoms with Crippen molar-refractivity contribution in [2.75, 3.05) is 0 Å². The number of rotatable bonds is 3. The fourth-order valence-electron chi connectivity index (χ4n) is 1.97. The highest BCUT2D eigenvalue weighted by molar-refractivity contribution is 6.05. The number of nitrogens with zero attached hydrogens (tertiary/aromatic N) is 2. The van der Waals surface area contributed by atoms with Crippen LogP contribution in [0.3, 0.4) is 0 Å². The van der Waals surface area contributed by atoms with Crippen LogP contribution in [0.5, 0.6) is 0 Å². The van der Waals surface area contributed by atoms with Crippen LogP contribution in [0, 0.1) is 6.92 Å². The van der Waals surface area contributed by atoms with Gasteiger partial charge in [0.25, 0.3) is 0 Å². The first-order valence-electron chi connectivity index (χ1n) is 5.74. The van der Waals surface area contributed by atoms with Crippen molar-refractivity contribution in [1.29, 1.82) is 0 Å². The molecule has 4 nitrogen and oxygen atoms in total. The molecular weight excluding hydrogens is 228 g/mol. The first kappa shape index (κ1) is 12.4. The molecule has 2 aromatic rings. The van der Waals surface area contributed by atoms with Gasteiger partial charge in [0.15, 0.2) is 5.65 Å². The molecule has 0 radical (unpaired) electrons. The lowest BCUT2D eigenvalue weighted by atomic mass is 9.96. The molecule has 0 aromatic carbocycles. The van der Waals surface area contributed by atoms with E-state index in [1.54, 1.807) is 6.07 Å². The summed E-state index contributed by atoms with van der Waals surface area (Å²) in [5.41, 5.74) is 1.90. The standard InChI is InChI=1S/C14H14N2O2/c1-8-4-5-11-6-7-12(16-14(11)15-8)13(9(2)17)10(3)18/h4-7,13H,1-3H3. The summed E-state index contributed by atoms with van der Waals surface area (Å²) in [5.74, 6) is -1.17. The van der Waals surface area contributed by atoms with Crippen LogP contribution < -0.4 is 0 Å². The third-order valence-corrected chi connectivity index (χ3v) is 2.82. The van der Waals surface area contributed by atoms with Gasteiger partial charge in [0.05, 0.1) is 5.69 Å². The molecule has 0 atom stereocenters. The summed E-state index contributed by atoms with van der Waals surface area (Å²) in [5, 5.41) is 0.898. The first-order valence-corrected chi connectivity index (χ1v) is 5.74. The van der Waals surface area contributed by atoms with Crippen LogP contribution in [0.2, 0.25) is 0 Å². The molecule has 2 aromatic heterocycles. The van der Waals surface area contributed by atoms with Crippen molar-refractivity contribution in [3.05, 3.63) is 35.7 Å². The van der Waals surface area contributed by atoms with Gasteiger partial charge >= 0.3 is 0 Å². The average molecular weight is 242 g/mol. The molecule has 0 unspecified atom stereocenters. The van der Waals surface area contributed by atoms with E-state index in [1.807, 2.05) is 25.1 Å². The molecule has 0 aliphatic heterocycles. The fraction of sp³-hybridized carbons (Fsp3) is 0.286. The zero-order valence-electron chi connectivity index (χ0n) is 10.6. The third kappa shape index (κ3) is 2.27. The Labute approximate surface area is 105 Å². The number of hydrogen-bond acceptors (Lipinski definition) is 4. The second-order valence-corrected chi connectivity index (χ2v) is 4.39. The number of Topliss-reactive ketones (excluding diaryl/α,β-unsaturated/α-hetero) is 2. The van der Waals surface area contributed by atoms with Gasteiger partial charge in [0.1, 0.15) is 17.5 Å². The van der Waals surface area contributed by atoms with E-state index in [0.717, 1.165) is 11.1 Å². The second kappa shape index (κ2) is 4.64. The van der Waals surface area contributed by atoms with E-state index in [4.69, 9.17) is 0 Å². The van der Waals surface area contributed by atoms with Crippen LogP contribution in [-0.4, -0.2) is 21.5 Å². The van der Waals surface area contributed by atoms with Crippen LogP contribution in [-0.2, 0) is 9.59 Å². The zero-order valence-corrected chi connectivity index (χ0v) is 10.6. The molecule has 0 aliphatic carbocycles. The molecule has 0 bridgehead atoms. The van der Waals surface area contributed by atoms with E-state index in [2.05, 4.69) is 9.97 Å². The molecule has 2 rings (SSSR count). The zero-order chi connectivity index (χ0) is 13.3. The summed E-state index contributed by atoms with van der Waals surface area (Å²) in [6.45, 7) is 4.68. The molecule has 0 saturated carbocycles. The maximum Gasteiger partial charge on any atom is 0.159 e. The maximum atomic E-state index is 11.5. The summed E-state index contributed by atoms with van der Waals surface area (Å²) in [6, 6.07) is 7.37. The third-order valence-electron chi connectivity index (χ3n) is 2.82. The van der Waals surface area contributed by atoms with E-state index in [1.165, 1.54) is 13.8 Å². The fourth-order valence-corrected chi connectivity index (χ4v) is 1.97. The number of hydrogen-bond donors (Lipinski definition) is 0. The number of aryl methyl sites for hydroxylation is 1. The van der Waals surface area contributed by atoms with Crippen LogP contribution in [0.4, 0.5) is 0 Å². The number of pyridine rings is 2. The Morgan fingerprint density at radius 2 is 1.61 bits per heavy atom. The number of fused-ring (bicyclic) bond motifs is 1. The molecule has 0 fully saturated rings. The van der Waals surface area contributed by atoms with Crippen molar-refractivity contribution in [2.45, 2.75) is 26.7 Å². The SMILES string of the molecule is CC(=O)C(C(C)=O)c1ccc2ccc(C)nc2n1. The summed E-state index contributed by atoms with van der Waals surface area (Å²) < 4.78 is 0. The predicted molar refractivity (Wildman–Crippen MR) is 68.4 cm³/mol. The quantitative estimate of drug-likeness (QED) is 0.774. The smallest absolute Gasteiger partial charge is 0.159 e. The van der Waals surface area contributed by atoms with E-state index < -0.39 is 5.92 Å². The first-order chi connectivity index (χ1) is 8.49. The highest BCUT2D eigenvalue weighted by atomic mass is 16.1. The van der Waals surface area contributed by atoms with Crippen molar-refractivity contribution in [3.63, 3.8) is 0 Å². The Bertz CT molecular complexity index is 621. The summed E-state index contributed by atoms with van der Waals surface area (Å²) >= 11 is 0. The van der Waals surface area contributed by atoms with Gasteiger partial charge in [0.2, 0.25) is 0 Å². The highest BCUT2D eigenvalue weighted by Gasteiger charge is 2.23. The number of ketones is 2. The van der Waals surface area contributed by atoms with Gasteiger partial charge in [-0.25, -0.2) is 9.97 Å². The Balaban J connectivity index is 2.58. The van der Waals surface area contributed by atoms with E-state index in [0.29, 0.717) is 11.3 Å². The summed E-state index contributed by atoms with van der Waals surface area (Å²) in [6.07, 6.45) is 0. The Morgan fingerprint density at radius 3 is 2.22 bits per heavy atom. The molecule has 0 spiro atoms. The van der Waals surface area contributed by atoms with Crippen molar-refractivity contribution in [1.82, 2.24) is 9.97 Å². The predicted octanol–water partition coefficient (Wildman–Crippen LogP) is 2.20. The summed E-state index contributed by atoms with van der Waals surface area (Å²) in [7, 11) is 0. The average Bonchev–Trinajstić information content (AvgIpc) is 2.27. The van der Waals surface area contributed by atoms with E-state index in [9.17, 15) is 9.59 Å². The van der Waals surface area contributed by atoms with Gasteiger partial charge in [-0.15, -0.1) is 0 Å². The van der Waals surface area contributed by atoms with Gasteiger partial charge in [-0.05, 0) is 45.0 Å². The lowest BCUT2D eigenvalue weighted by molar-refractivity contribution is -0.126. The normalized spacial score (nSPS) is 10.9. The van der Waals surface area contributed by atoms with Crippen molar-refractivity contribution < 1.29 is 9.59 Å². The van der Waals surface area contributed by atoms with Crippen molar-refractivity contribution >= 4 is 22.6 Å². The van der Waals surface area contributed by atoms with E-state index in [-0.39, 0.29) is 11.6 Å². The van der Waals surface area contributed by atoms with Gasteiger partial charge in [-0.1, -0.05) is 0 Å². The van der Waals surface area contributed by atoms with E-state index >= 15 is 0 Å². The minimum atomic E-state index is -0.781. The lowest BCUT2D eigenvalue weighted by Gasteiger charge is -2.10. The molecule has 92 valence electrons. The Kier molecular flexibility index (Phi) is 3.19. The van der Waals surface area contributed by atoms with Crippen molar-refractivity contribution in [3.8, 4) is 0 Å². The molecule has 4 heteroatoms. The second-order valence-electron chi connectivity index (χ2n) is 4.39. The monoisotopic (exact) mass is 242 g/mol. The largest absolute Gasteiger partial charge is 0.299 e. The number of aromatic nitrogens is 2. The minimum Gasteiger partial charge on any atom is -0.299 e. The van der Waals surface area contributed by atoms with Crippen LogP contribution in [0.1, 0.15) is 31.2 Å². The van der Waals surface area contributed by atoms with Gasteiger partial charge in [0, 0.05) is 11.1 Å². The van der Waals surface area contributed by atoms with Gasteiger partial charge < -0.3 is 0 Å². The van der Waals surface area contributed by atoms with Gasteiger partial charge in [-0.2, -0.15) is 0 Å². The maximum absolute atomic E-state index is 11.5. The Morgan fingerprint density at radius 1 is 1.00 bits per heavy atom. The molecule has 0 saturated heterocycles. The minimum absolute atomic E-state index is 0.193. The molecule has 0 amide bonds. The van der Waals surface area contributed by atoms with Gasteiger partial charge in [-0.3, -0.25) is 9.59 Å². The number of carbonyl (C=O) groups is 2. The Hall–Kier alpha value is -2.10. The molecule has 2 heterocycles. The van der Waals surface area contributed by atoms with Crippen LogP contribution >= 0.6 is 0 Å². The summed E-state index contributed by atoms with van der Waals surface area (Å²) in [4.78, 5) is 31.6. The van der Waals surface area contributed by atoms with Crippen molar-refractivity contribution in [2.24, 2.45) is 0 Å². The number of carbonyl (C=O) groups excluding carboxylic acids is 2.